The molecule has 0 unspecified atom stereocenters. The lowest BCUT2D eigenvalue weighted by molar-refractivity contribution is 0.0693. The van der Waals surface area contributed by atoms with Gasteiger partial charge in [0.25, 0.3) is 0 Å². The molecule has 0 spiro atoms. The highest BCUT2D eigenvalue weighted by molar-refractivity contribution is 5.96. The van der Waals surface area contributed by atoms with Crippen molar-refractivity contribution in [2.24, 2.45) is 0 Å². The average Bonchev–Trinajstić information content (AvgIpc) is 2.52. The largest absolute Gasteiger partial charge is 0.507 e. The highest BCUT2D eigenvalue weighted by Crippen LogP contribution is 2.23. The minimum atomic E-state index is -1.14. The van der Waals surface area contributed by atoms with Crippen LogP contribution < -0.4 is 0 Å². The first-order valence-electron chi connectivity index (χ1n) is 6.87. The molecule has 0 aromatic heterocycles. The van der Waals surface area contributed by atoms with E-state index in [0.717, 1.165) is 16.3 Å². The van der Waals surface area contributed by atoms with Gasteiger partial charge in [-0.2, -0.15) is 0 Å². The summed E-state index contributed by atoms with van der Waals surface area (Å²) in [5, 5.41) is 21.2. The molecular formula is C19H14O3. The van der Waals surface area contributed by atoms with Gasteiger partial charge in [0.15, 0.2) is 0 Å². The van der Waals surface area contributed by atoms with E-state index in [2.05, 4.69) is 0 Å². The van der Waals surface area contributed by atoms with Crippen molar-refractivity contribution in [3.63, 3.8) is 0 Å². The van der Waals surface area contributed by atoms with Gasteiger partial charge < -0.3 is 10.2 Å². The summed E-state index contributed by atoms with van der Waals surface area (Å²) in [6.07, 6.45) is 3.54. The third kappa shape index (κ3) is 2.69. The van der Waals surface area contributed by atoms with Crippen molar-refractivity contribution < 1.29 is 15.0 Å². The quantitative estimate of drug-likeness (QED) is 0.702. The lowest BCUT2D eigenvalue weighted by atomic mass is 10.0. The minimum absolute atomic E-state index is 0.0838. The number of carboxylic acids is 1. The molecule has 2 N–H and O–H groups in total. The van der Waals surface area contributed by atoms with Gasteiger partial charge in [0.05, 0.1) is 0 Å². The standard InChI is InChI=1S/C19H14O3/c20-17-7-3-6-15(18(17)19(21)22)11-9-13-8-10-14-4-1-2-5-16(14)12-13/h1-12,20H,(H,21,22). The molecule has 3 nitrogen and oxygen atoms in total. The summed E-state index contributed by atoms with van der Waals surface area (Å²) in [6.45, 7) is 0. The Balaban J connectivity index is 1.99. The molecule has 3 heteroatoms. The number of rotatable bonds is 3. The van der Waals surface area contributed by atoms with E-state index < -0.39 is 5.97 Å². The number of hydrogen-bond acceptors (Lipinski definition) is 2. The van der Waals surface area contributed by atoms with Crippen LogP contribution >= 0.6 is 0 Å². The molecule has 0 heterocycles. The topological polar surface area (TPSA) is 57.5 Å². The lowest BCUT2D eigenvalue weighted by Crippen LogP contribution is -1.99. The summed E-state index contributed by atoms with van der Waals surface area (Å²) in [5.74, 6) is -1.37. The number of phenols is 1. The maximum Gasteiger partial charge on any atom is 0.340 e. The molecule has 3 aromatic rings. The number of aromatic carboxylic acids is 1. The number of hydrogen-bond donors (Lipinski definition) is 2. The van der Waals surface area contributed by atoms with Crippen LogP contribution in [0, 0.1) is 0 Å². The van der Waals surface area contributed by atoms with Crippen LogP contribution in [0.3, 0.4) is 0 Å². The molecule has 0 fully saturated rings. The predicted octanol–water partition coefficient (Wildman–Crippen LogP) is 4.41. The van der Waals surface area contributed by atoms with E-state index in [1.54, 1.807) is 18.2 Å². The maximum absolute atomic E-state index is 11.2. The van der Waals surface area contributed by atoms with Crippen molar-refractivity contribution >= 4 is 28.9 Å². The SMILES string of the molecule is O=C(O)c1c(O)cccc1C=Cc1ccc2ccccc2c1. The van der Waals surface area contributed by atoms with Crippen LogP contribution in [0.2, 0.25) is 0 Å². The summed E-state index contributed by atoms with van der Waals surface area (Å²) >= 11 is 0. The van der Waals surface area contributed by atoms with Crippen LogP contribution in [0.15, 0.2) is 60.7 Å². The fourth-order valence-electron chi connectivity index (χ4n) is 2.43. The van der Waals surface area contributed by atoms with Gasteiger partial charge in [-0.25, -0.2) is 4.79 Å². The number of fused-ring (bicyclic) bond motifs is 1. The van der Waals surface area contributed by atoms with Crippen LogP contribution in [-0.4, -0.2) is 16.2 Å². The molecule has 108 valence electrons. The molecule has 0 bridgehead atoms. The fourth-order valence-corrected chi connectivity index (χ4v) is 2.43. The number of carbonyl (C=O) groups is 1. The van der Waals surface area contributed by atoms with Crippen molar-refractivity contribution in [1.29, 1.82) is 0 Å². The number of carboxylic acid groups (broad SMARTS) is 1. The van der Waals surface area contributed by atoms with Crippen molar-refractivity contribution in [1.82, 2.24) is 0 Å². The zero-order valence-corrected chi connectivity index (χ0v) is 11.7. The third-order valence-corrected chi connectivity index (χ3v) is 3.52. The highest BCUT2D eigenvalue weighted by atomic mass is 16.4. The first kappa shape index (κ1) is 13.9. The van der Waals surface area contributed by atoms with Crippen molar-refractivity contribution in [3.8, 4) is 5.75 Å². The van der Waals surface area contributed by atoms with E-state index in [-0.39, 0.29) is 11.3 Å². The number of benzene rings is 3. The summed E-state index contributed by atoms with van der Waals surface area (Å²) in [4.78, 5) is 11.2. The van der Waals surface area contributed by atoms with Gasteiger partial charge in [-0.15, -0.1) is 0 Å². The molecule has 0 saturated heterocycles. The predicted molar refractivity (Wildman–Crippen MR) is 87.9 cm³/mol. The smallest absolute Gasteiger partial charge is 0.340 e. The van der Waals surface area contributed by atoms with E-state index in [4.69, 9.17) is 0 Å². The van der Waals surface area contributed by atoms with E-state index in [0.29, 0.717) is 5.56 Å². The number of aromatic hydroxyl groups is 1. The molecule has 3 rings (SSSR count). The Labute approximate surface area is 127 Å². The second kappa shape index (κ2) is 5.74. The van der Waals surface area contributed by atoms with E-state index in [1.165, 1.54) is 6.07 Å². The monoisotopic (exact) mass is 290 g/mol. The first-order chi connectivity index (χ1) is 10.6. The van der Waals surface area contributed by atoms with E-state index in [1.807, 2.05) is 48.5 Å². The van der Waals surface area contributed by atoms with Gasteiger partial charge in [-0.3, -0.25) is 0 Å². The second-order valence-electron chi connectivity index (χ2n) is 4.99. The van der Waals surface area contributed by atoms with Crippen molar-refractivity contribution in [2.45, 2.75) is 0 Å². The van der Waals surface area contributed by atoms with Gasteiger partial charge >= 0.3 is 5.97 Å². The Morgan fingerprint density at radius 2 is 1.64 bits per heavy atom. The molecule has 0 aliphatic carbocycles. The molecule has 3 aromatic carbocycles. The molecular weight excluding hydrogens is 276 g/mol. The molecule has 22 heavy (non-hydrogen) atoms. The summed E-state index contributed by atoms with van der Waals surface area (Å²) < 4.78 is 0. The normalized spacial score (nSPS) is 11.1. The van der Waals surface area contributed by atoms with Gasteiger partial charge in [0, 0.05) is 0 Å². The van der Waals surface area contributed by atoms with E-state index in [9.17, 15) is 15.0 Å². The van der Waals surface area contributed by atoms with Gasteiger partial charge in [-0.05, 0) is 34.0 Å². The summed E-state index contributed by atoms with van der Waals surface area (Å²) in [6, 6.07) is 18.7. The molecule has 0 saturated carbocycles. The van der Waals surface area contributed by atoms with Crippen molar-refractivity contribution in [2.75, 3.05) is 0 Å². The molecule has 0 amide bonds. The fraction of sp³-hybridized carbons (Fsp3) is 0. The Bertz CT molecular complexity index is 879. The van der Waals surface area contributed by atoms with Crippen molar-refractivity contribution in [3.05, 3.63) is 77.4 Å². The minimum Gasteiger partial charge on any atom is -0.507 e. The zero-order valence-electron chi connectivity index (χ0n) is 11.7. The average molecular weight is 290 g/mol. The molecule has 0 aliphatic heterocycles. The maximum atomic E-state index is 11.2. The third-order valence-electron chi connectivity index (χ3n) is 3.52. The van der Waals surface area contributed by atoms with Gasteiger partial charge in [-0.1, -0.05) is 60.7 Å². The Hall–Kier alpha value is -3.07. The van der Waals surface area contributed by atoms with Crippen LogP contribution in [0.25, 0.3) is 22.9 Å². The molecule has 0 radical (unpaired) electrons. The highest BCUT2D eigenvalue weighted by Gasteiger charge is 2.12. The first-order valence-corrected chi connectivity index (χ1v) is 6.87. The Kier molecular flexibility index (Phi) is 3.62. The van der Waals surface area contributed by atoms with Crippen LogP contribution in [0.5, 0.6) is 5.75 Å². The lowest BCUT2D eigenvalue weighted by Gasteiger charge is -2.04. The van der Waals surface area contributed by atoms with Gasteiger partial charge in [0.1, 0.15) is 11.3 Å². The molecule has 0 aliphatic rings. The summed E-state index contributed by atoms with van der Waals surface area (Å²) in [7, 11) is 0. The molecule has 0 atom stereocenters. The van der Waals surface area contributed by atoms with Gasteiger partial charge in [0.2, 0.25) is 0 Å². The second-order valence-corrected chi connectivity index (χ2v) is 4.99. The summed E-state index contributed by atoms with van der Waals surface area (Å²) in [5.41, 5.74) is 1.36. The Morgan fingerprint density at radius 3 is 2.41 bits per heavy atom. The Morgan fingerprint density at radius 1 is 0.864 bits per heavy atom. The van der Waals surface area contributed by atoms with Crippen LogP contribution in [0.4, 0.5) is 0 Å². The van der Waals surface area contributed by atoms with Crippen LogP contribution in [0.1, 0.15) is 21.5 Å². The zero-order chi connectivity index (χ0) is 15.5. The van der Waals surface area contributed by atoms with E-state index >= 15 is 0 Å². The van der Waals surface area contributed by atoms with Crippen LogP contribution in [-0.2, 0) is 0 Å².